The molecule has 5 nitrogen and oxygen atoms in total. The molecule has 0 spiro atoms. The minimum Gasteiger partial charge on any atom is -0.480 e. The molecule has 18 heavy (non-hydrogen) atoms. The molecular formula is C12H15BrN2O3. The Hall–Kier alpha value is -1.56. The van der Waals surface area contributed by atoms with Crippen LogP contribution in [-0.4, -0.2) is 23.1 Å². The highest BCUT2D eigenvalue weighted by molar-refractivity contribution is 9.10. The summed E-state index contributed by atoms with van der Waals surface area (Å²) in [6, 6.07) is 6.15. The van der Waals surface area contributed by atoms with Crippen molar-refractivity contribution in [2.24, 2.45) is 0 Å². The van der Waals surface area contributed by atoms with Gasteiger partial charge in [0, 0.05) is 11.0 Å². The summed E-state index contributed by atoms with van der Waals surface area (Å²) in [5.41, 5.74) is 0.927. The van der Waals surface area contributed by atoms with Crippen LogP contribution in [0, 0.1) is 0 Å². The van der Waals surface area contributed by atoms with Gasteiger partial charge in [0.25, 0.3) is 0 Å². The predicted molar refractivity (Wildman–Crippen MR) is 71.2 cm³/mol. The van der Waals surface area contributed by atoms with E-state index >= 15 is 0 Å². The van der Waals surface area contributed by atoms with Crippen molar-refractivity contribution >= 4 is 27.9 Å². The van der Waals surface area contributed by atoms with E-state index in [1.807, 2.05) is 24.3 Å². The molecule has 1 rings (SSSR count). The normalized spacial score (nSPS) is 11.7. The quantitative estimate of drug-likeness (QED) is 0.779. The van der Waals surface area contributed by atoms with Crippen molar-refractivity contribution < 1.29 is 14.7 Å². The fourth-order valence-corrected chi connectivity index (χ4v) is 1.79. The third-order valence-electron chi connectivity index (χ3n) is 2.41. The molecule has 1 aromatic carbocycles. The highest BCUT2D eigenvalue weighted by Gasteiger charge is 2.17. The summed E-state index contributed by atoms with van der Waals surface area (Å²) < 4.78 is 0.899. The first kappa shape index (κ1) is 14.5. The van der Waals surface area contributed by atoms with Gasteiger partial charge in [0.05, 0.1) is 0 Å². The minimum absolute atomic E-state index is 0.337. The monoisotopic (exact) mass is 314 g/mol. The average Bonchev–Trinajstić information content (AvgIpc) is 2.34. The molecule has 1 atom stereocenters. The molecular weight excluding hydrogens is 300 g/mol. The summed E-state index contributed by atoms with van der Waals surface area (Å²) in [5.74, 6) is -1.03. The van der Waals surface area contributed by atoms with Gasteiger partial charge in [-0.3, -0.25) is 0 Å². The van der Waals surface area contributed by atoms with E-state index < -0.39 is 18.0 Å². The van der Waals surface area contributed by atoms with Crippen LogP contribution in [0.5, 0.6) is 0 Å². The molecule has 0 aliphatic rings. The van der Waals surface area contributed by atoms with Crippen LogP contribution >= 0.6 is 15.9 Å². The number of rotatable bonds is 5. The lowest BCUT2D eigenvalue weighted by Gasteiger charge is -2.13. The van der Waals surface area contributed by atoms with Gasteiger partial charge >= 0.3 is 12.0 Å². The topological polar surface area (TPSA) is 78.4 Å². The first-order valence-electron chi connectivity index (χ1n) is 5.55. The van der Waals surface area contributed by atoms with Crippen molar-refractivity contribution in [1.82, 2.24) is 10.6 Å². The Bertz CT molecular complexity index is 437. The summed E-state index contributed by atoms with van der Waals surface area (Å²) in [6.45, 7) is 2.04. The largest absolute Gasteiger partial charge is 0.480 e. The number of hydrogen-bond donors (Lipinski definition) is 3. The number of carboxylic acids is 1. The Morgan fingerprint density at radius 3 is 2.61 bits per heavy atom. The number of aliphatic carboxylic acids is 1. The SMILES string of the molecule is CC[C@H](NC(=O)NCc1ccccc1Br)C(=O)O. The second kappa shape index (κ2) is 7.00. The molecule has 0 radical (unpaired) electrons. The highest BCUT2D eigenvalue weighted by Crippen LogP contribution is 2.15. The molecule has 1 aromatic rings. The number of carbonyl (C=O) groups is 2. The van der Waals surface area contributed by atoms with E-state index in [1.54, 1.807) is 6.92 Å². The Kier molecular flexibility index (Phi) is 5.64. The van der Waals surface area contributed by atoms with E-state index in [0.717, 1.165) is 10.0 Å². The number of hydrogen-bond acceptors (Lipinski definition) is 2. The van der Waals surface area contributed by atoms with Crippen molar-refractivity contribution in [2.75, 3.05) is 0 Å². The molecule has 0 aromatic heterocycles. The van der Waals surface area contributed by atoms with E-state index in [9.17, 15) is 9.59 Å². The first-order valence-corrected chi connectivity index (χ1v) is 6.34. The van der Waals surface area contributed by atoms with Crippen molar-refractivity contribution in [3.63, 3.8) is 0 Å². The number of urea groups is 1. The van der Waals surface area contributed by atoms with Crippen LogP contribution in [-0.2, 0) is 11.3 Å². The summed E-state index contributed by atoms with van der Waals surface area (Å²) in [5, 5.41) is 13.8. The molecule has 0 saturated carbocycles. The van der Waals surface area contributed by atoms with Crippen LogP contribution in [0.25, 0.3) is 0 Å². The summed E-state index contributed by atoms with van der Waals surface area (Å²) in [7, 11) is 0. The van der Waals surface area contributed by atoms with Gasteiger partial charge in [-0.1, -0.05) is 41.1 Å². The van der Waals surface area contributed by atoms with Crippen molar-refractivity contribution in [1.29, 1.82) is 0 Å². The van der Waals surface area contributed by atoms with Gasteiger partial charge in [-0.05, 0) is 18.1 Å². The molecule has 3 N–H and O–H groups in total. The van der Waals surface area contributed by atoms with Gasteiger partial charge in [-0.25, -0.2) is 9.59 Å². The molecule has 2 amide bonds. The number of amides is 2. The third kappa shape index (κ3) is 4.37. The van der Waals surface area contributed by atoms with Crippen LogP contribution < -0.4 is 10.6 Å². The van der Waals surface area contributed by atoms with Crippen LogP contribution in [0.4, 0.5) is 4.79 Å². The lowest BCUT2D eigenvalue weighted by Crippen LogP contribution is -2.45. The first-order chi connectivity index (χ1) is 8.54. The van der Waals surface area contributed by atoms with E-state index in [2.05, 4.69) is 26.6 Å². The fourth-order valence-electron chi connectivity index (χ4n) is 1.36. The van der Waals surface area contributed by atoms with Gasteiger partial charge in [0.2, 0.25) is 0 Å². The van der Waals surface area contributed by atoms with Gasteiger partial charge in [-0.2, -0.15) is 0 Å². The number of carbonyl (C=O) groups excluding carboxylic acids is 1. The lowest BCUT2D eigenvalue weighted by molar-refractivity contribution is -0.139. The summed E-state index contributed by atoms with van der Waals surface area (Å²) in [4.78, 5) is 22.2. The molecule has 0 unspecified atom stereocenters. The zero-order valence-corrected chi connectivity index (χ0v) is 11.5. The Labute approximate surface area is 114 Å². The molecule has 6 heteroatoms. The zero-order valence-electron chi connectivity index (χ0n) is 9.94. The molecule has 0 aliphatic carbocycles. The van der Waals surface area contributed by atoms with Crippen molar-refractivity contribution in [3.8, 4) is 0 Å². The molecule has 0 heterocycles. The molecule has 0 saturated heterocycles. The molecule has 98 valence electrons. The van der Waals surface area contributed by atoms with E-state index in [4.69, 9.17) is 5.11 Å². The van der Waals surface area contributed by atoms with Crippen molar-refractivity contribution in [3.05, 3.63) is 34.3 Å². The van der Waals surface area contributed by atoms with Crippen molar-refractivity contribution in [2.45, 2.75) is 25.9 Å². The lowest BCUT2D eigenvalue weighted by atomic mass is 10.2. The summed E-state index contributed by atoms with van der Waals surface area (Å²) >= 11 is 3.37. The zero-order chi connectivity index (χ0) is 13.5. The van der Waals surface area contributed by atoms with Crippen LogP contribution in [0.15, 0.2) is 28.7 Å². The smallest absolute Gasteiger partial charge is 0.326 e. The molecule has 0 bridgehead atoms. The summed E-state index contributed by atoms with van der Waals surface area (Å²) in [6.07, 6.45) is 0.345. The van der Waals surface area contributed by atoms with E-state index in [0.29, 0.717) is 13.0 Å². The Morgan fingerprint density at radius 1 is 1.39 bits per heavy atom. The number of nitrogens with one attached hydrogen (secondary N) is 2. The Morgan fingerprint density at radius 2 is 2.06 bits per heavy atom. The maximum Gasteiger partial charge on any atom is 0.326 e. The van der Waals surface area contributed by atoms with Gasteiger partial charge in [0.1, 0.15) is 6.04 Å². The van der Waals surface area contributed by atoms with E-state index in [-0.39, 0.29) is 0 Å². The fraction of sp³-hybridized carbons (Fsp3) is 0.333. The van der Waals surface area contributed by atoms with Gasteiger partial charge in [-0.15, -0.1) is 0 Å². The highest BCUT2D eigenvalue weighted by atomic mass is 79.9. The van der Waals surface area contributed by atoms with E-state index in [1.165, 1.54) is 0 Å². The second-order valence-corrected chi connectivity index (χ2v) is 4.57. The second-order valence-electron chi connectivity index (χ2n) is 3.72. The van der Waals surface area contributed by atoms with Crippen LogP contribution in [0.3, 0.4) is 0 Å². The maximum atomic E-state index is 11.5. The third-order valence-corrected chi connectivity index (χ3v) is 3.18. The Balaban J connectivity index is 2.47. The standard InChI is InChI=1S/C12H15BrN2O3/c1-2-10(11(16)17)15-12(18)14-7-8-5-3-4-6-9(8)13/h3-6,10H,2,7H2,1H3,(H,16,17)(H2,14,15,18)/t10-/m0/s1. The van der Waals surface area contributed by atoms with Gasteiger partial charge in [0.15, 0.2) is 0 Å². The number of halogens is 1. The van der Waals surface area contributed by atoms with Crippen LogP contribution in [0.1, 0.15) is 18.9 Å². The van der Waals surface area contributed by atoms with Crippen LogP contribution in [0.2, 0.25) is 0 Å². The minimum atomic E-state index is -1.03. The average molecular weight is 315 g/mol. The van der Waals surface area contributed by atoms with Gasteiger partial charge < -0.3 is 15.7 Å². The number of benzene rings is 1. The maximum absolute atomic E-state index is 11.5. The predicted octanol–water partition coefficient (Wildman–Crippen LogP) is 2.11. The molecule has 0 fully saturated rings. The molecule has 0 aliphatic heterocycles. The number of carboxylic acid groups (broad SMARTS) is 1.